The van der Waals surface area contributed by atoms with E-state index in [1.54, 1.807) is 6.20 Å². The molecule has 2 aromatic carbocycles. The summed E-state index contributed by atoms with van der Waals surface area (Å²) in [5, 5.41) is 0. The molecule has 1 aliphatic carbocycles. The summed E-state index contributed by atoms with van der Waals surface area (Å²) in [6, 6.07) is 19.9. The van der Waals surface area contributed by atoms with E-state index < -0.39 is 0 Å². The van der Waals surface area contributed by atoms with Gasteiger partial charge in [0, 0.05) is 34.2 Å². The molecule has 1 aromatic heterocycles. The Bertz CT molecular complexity index is 1210. The van der Waals surface area contributed by atoms with Crippen molar-refractivity contribution >= 4 is 16.9 Å². The summed E-state index contributed by atoms with van der Waals surface area (Å²) in [4.78, 5) is 18.1. The van der Waals surface area contributed by atoms with Crippen LogP contribution in [0.2, 0.25) is 0 Å². The van der Waals surface area contributed by atoms with Crippen molar-refractivity contribution in [2.45, 2.75) is 6.92 Å². The van der Waals surface area contributed by atoms with Gasteiger partial charge in [-0.3, -0.25) is 9.78 Å². The van der Waals surface area contributed by atoms with Crippen LogP contribution in [0.4, 0.5) is 0 Å². The molecule has 0 amide bonds. The minimum absolute atomic E-state index is 0.0255. The van der Waals surface area contributed by atoms with Gasteiger partial charge in [0.25, 0.3) is 0 Å². The van der Waals surface area contributed by atoms with Crippen LogP contribution in [0.15, 0.2) is 66.9 Å². The van der Waals surface area contributed by atoms with Crippen molar-refractivity contribution in [3.05, 3.63) is 94.8 Å². The molecular weight excluding hydrogens is 412 g/mol. The molecule has 168 valence electrons. The van der Waals surface area contributed by atoms with Gasteiger partial charge in [-0.2, -0.15) is 0 Å². The zero-order chi connectivity index (χ0) is 22.8. The number of pyridine rings is 1. The number of ether oxygens (including phenoxy) is 2. The predicted octanol–water partition coefficient (Wildman–Crippen LogP) is 4.40. The molecule has 33 heavy (non-hydrogen) atoms. The topological polar surface area (TPSA) is 48.4 Å². The molecule has 1 saturated heterocycles. The van der Waals surface area contributed by atoms with Crippen molar-refractivity contribution < 1.29 is 18.8 Å². The Morgan fingerprint density at radius 3 is 2.48 bits per heavy atom. The Labute approximate surface area is 194 Å². The van der Waals surface area contributed by atoms with E-state index in [4.69, 9.17) is 9.47 Å². The lowest BCUT2D eigenvalue weighted by Gasteiger charge is -2.37. The maximum atomic E-state index is 13.7. The van der Waals surface area contributed by atoms with E-state index in [9.17, 15) is 4.79 Å². The third-order valence-corrected chi connectivity index (χ3v) is 6.77. The number of Topliss-reactive ketones (excluding diaryl/α,β-unsaturated/α-hetero) is 1. The van der Waals surface area contributed by atoms with Gasteiger partial charge in [0.1, 0.15) is 32.0 Å². The van der Waals surface area contributed by atoms with Crippen molar-refractivity contribution in [1.82, 2.24) is 4.98 Å². The fourth-order valence-corrected chi connectivity index (χ4v) is 4.70. The number of ketones is 1. The molecule has 0 spiro atoms. The van der Waals surface area contributed by atoms with Crippen LogP contribution in [0.3, 0.4) is 0 Å². The Hall–Kier alpha value is -3.28. The van der Waals surface area contributed by atoms with Crippen LogP contribution in [-0.2, 0) is 4.74 Å². The molecule has 5 rings (SSSR count). The first-order chi connectivity index (χ1) is 16.1. The van der Waals surface area contributed by atoms with Crippen LogP contribution >= 0.6 is 0 Å². The summed E-state index contributed by atoms with van der Waals surface area (Å²) >= 11 is 0. The van der Waals surface area contributed by atoms with Gasteiger partial charge < -0.3 is 14.0 Å². The van der Waals surface area contributed by atoms with E-state index >= 15 is 0 Å². The summed E-state index contributed by atoms with van der Waals surface area (Å²) in [6.07, 6.45) is 1.76. The molecule has 3 aromatic rings. The first kappa shape index (κ1) is 21.6. The first-order valence-electron chi connectivity index (χ1n) is 11.5. The average molecular weight is 442 g/mol. The van der Waals surface area contributed by atoms with Gasteiger partial charge in [-0.1, -0.05) is 36.4 Å². The second kappa shape index (κ2) is 8.93. The maximum absolute atomic E-state index is 13.7. The molecular formula is C28H29N2O3+. The number of rotatable bonds is 6. The van der Waals surface area contributed by atoms with Crippen molar-refractivity contribution in [3.8, 4) is 5.75 Å². The number of nitrogens with zero attached hydrogens (tertiary/aromatic N) is 2. The highest BCUT2D eigenvalue weighted by Gasteiger charge is 2.33. The highest BCUT2D eigenvalue weighted by molar-refractivity contribution is 6.41. The molecule has 0 radical (unpaired) electrons. The maximum Gasteiger partial charge on any atom is 0.195 e. The molecule has 0 bridgehead atoms. The number of likely N-dealkylation sites (N-methyl/N-ethyl adjacent to an activating group) is 1. The van der Waals surface area contributed by atoms with Gasteiger partial charge >= 0.3 is 0 Å². The smallest absolute Gasteiger partial charge is 0.195 e. The minimum Gasteiger partial charge on any atom is -0.488 e. The summed E-state index contributed by atoms with van der Waals surface area (Å²) in [5.74, 6) is 0.760. The van der Waals surface area contributed by atoms with Gasteiger partial charge in [-0.25, -0.2) is 0 Å². The number of benzene rings is 2. The molecule has 0 saturated carbocycles. The van der Waals surface area contributed by atoms with Crippen molar-refractivity contribution in [3.63, 3.8) is 0 Å². The zero-order valence-electron chi connectivity index (χ0n) is 19.2. The second-order valence-electron chi connectivity index (χ2n) is 9.04. The van der Waals surface area contributed by atoms with E-state index in [1.165, 1.54) is 0 Å². The number of aromatic nitrogens is 1. The fourth-order valence-electron chi connectivity index (χ4n) is 4.70. The number of hydrogen-bond donors (Lipinski definition) is 0. The van der Waals surface area contributed by atoms with Gasteiger partial charge in [0.15, 0.2) is 5.78 Å². The van der Waals surface area contributed by atoms with Gasteiger partial charge in [0.05, 0.1) is 20.3 Å². The van der Waals surface area contributed by atoms with E-state index in [2.05, 4.69) is 24.2 Å². The molecule has 1 aliphatic heterocycles. The normalized spacial score (nSPS) is 17.2. The summed E-state index contributed by atoms with van der Waals surface area (Å²) in [7, 11) is 2.25. The zero-order valence-corrected chi connectivity index (χ0v) is 19.2. The lowest BCUT2D eigenvalue weighted by Crippen LogP contribution is -2.53. The molecule has 5 nitrogen and oxygen atoms in total. The highest BCUT2D eigenvalue weighted by atomic mass is 16.5. The number of morpholine rings is 1. The van der Waals surface area contributed by atoms with Gasteiger partial charge in [0.2, 0.25) is 0 Å². The number of hydrogen-bond acceptors (Lipinski definition) is 4. The van der Waals surface area contributed by atoms with E-state index in [1.807, 2.05) is 55.5 Å². The molecule has 0 atom stereocenters. The monoisotopic (exact) mass is 441 g/mol. The van der Waals surface area contributed by atoms with Crippen molar-refractivity contribution in [1.29, 1.82) is 0 Å². The fraction of sp³-hybridized carbons (Fsp3) is 0.286. The summed E-state index contributed by atoms with van der Waals surface area (Å²) in [5.41, 5.74) is 6.07. The third kappa shape index (κ3) is 4.22. The number of aryl methyl sites for hydroxylation is 1. The number of carbonyl (C=O) groups is 1. The van der Waals surface area contributed by atoms with Crippen molar-refractivity contribution in [2.75, 3.05) is 46.5 Å². The standard InChI is InChI=1S/C28H29N2O3/c1-20-23(9-6-12-29-20)27-26(21-7-4-3-5-8-21)24-11-10-22(19-25(24)28(27)31)33-18-15-30(2)13-16-32-17-14-30/h3-12,19H,13-18H2,1-2H3/q+1. The Morgan fingerprint density at radius 2 is 1.73 bits per heavy atom. The SMILES string of the molecule is Cc1ncccc1C1=C(c2ccccc2)c2ccc(OCC[N+]3(C)CCOCC3)cc2C1=O. The number of quaternary nitrogens is 1. The summed E-state index contributed by atoms with van der Waals surface area (Å²) < 4.78 is 12.6. The van der Waals surface area contributed by atoms with Gasteiger partial charge in [-0.05, 0) is 42.3 Å². The summed E-state index contributed by atoms with van der Waals surface area (Å²) in [6.45, 7) is 7.08. The Kier molecular flexibility index (Phi) is 5.83. The minimum atomic E-state index is 0.0255. The van der Waals surface area contributed by atoms with E-state index in [0.29, 0.717) is 17.7 Å². The number of fused-ring (bicyclic) bond motifs is 1. The first-order valence-corrected chi connectivity index (χ1v) is 11.5. The molecule has 2 aliphatic rings. The van der Waals surface area contributed by atoms with Crippen LogP contribution in [0.1, 0.15) is 32.7 Å². The molecule has 0 unspecified atom stereocenters. The lowest BCUT2D eigenvalue weighted by atomic mass is 9.94. The number of allylic oxidation sites excluding steroid dienone is 1. The highest BCUT2D eigenvalue weighted by Crippen LogP contribution is 2.43. The van der Waals surface area contributed by atoms with Crippen LogP contribution < -0.4 is 4.74 Å². The molecule has 1 fully saturated rings. The lowest BCUT2D eigenvalue weighted by molar-refractivity contribution is -0.916. The van der Waals surface area contributed by atoms with Crippen molar-refractivity contribution in [2.24, 2.45) is 0 Å². The molecule has 2 heterocycles. The average Bonchev–Trinajstić information content (AvgIpc) is 3.12. The Morgan fingerprint density at radius 1 is 0.939 bits per heavy atom. The van der Waals surface area contributed by atoms with E-state index in [0.717, 1.165) is 71.0 Å². The van der Waals surface area contributed by atoms with Crippen LogP contribution in [0, 0.1) is 6.92 Å². The largest absolute Gasteiger partial charge is 0.488 e. The quantitative estimate of drug-likeness (QED) is 0.532. The predicted molar refractivity (Wildman–Crippen MR) is 129 cm³/mol. The third-order valence-electron chi connectivity index (χ3n) is 6.77. The number of carbonyl (C=O) groups excluding carboxylic acids is 1. The van der Waals surface area contributed by atoms with Crippen LogP contribution in [0.25, 0.3) is 11.1 Å². The Balaban J connectivity index is 1.46. The van der Waals surface area contributed by atoms with Crippen LogP contribution in [-0.4, -0.2) is 61.8 Å². The molecule has 0 N–H and O–H groups in total. The van der Waals surface area contributed by atoms with E-state index in [-0.39, 0.29) is 5.78 Å². The van der Waals surface area contributed by atoms with Gasteiger partial charge in [-0.15, -0.1) is 0 Å². The van der Waals surface area contributed by atoms with Crippen LogP contribution in [0.5, 0.6) is 5.75 Å². The second-order valence-corrected chi connectivity index (χ2v) is 9.04. The molecule has 5 heteroatoms.